The van der Waals surface area contributed by atoms with Gasteiger partial charge in [-0.1, -0.05) is 0 Å². The molecule has 7 heteroatoms. The number of carbonyl (C=O) groups excluding carboxylic acids is 2. The number of hydrogen-bond donors (Lipinski definition) is 1. The maximum atomic E-state index is 13.0. The van der Waals surface area contributed by atoms with Crippen LogP contribution in [-0.4, -0.2) is 62.2 Å². The number of imidazole rings is 1. The first-order valence-corrected chi connectivity index (χ1v) is 10.1. The standard InChI is InChI=1S/C20H25N5O2/c26-19(14-3-4-14)25-9-1-2-17(25)20(27)24-10-6-13(7-11-24)18-22-15-5-8-21-12-16(15)23-18/h5,8,12-14,17H,1-4,6-7,9-11H2,(H,22,23). The number of H-pyrrole nitrogens is 1. The van der Waals surface area contributed by atoms with Crippen molar-refractivity contribution in [2.75, 3.05) is 19.6 Å². The summed E-state index contributed by atoms with van der Waals surface area (Å²) in [6.07, 6.45) is 9.11. The fourth-order valence-corrected chi connectivity index (χ4v) is 4.51. The average molecular weight is 367 g/mol. The van der Waals surface area contributed by atoms with Crippen molar-refractivity contribution in [2.24, 2.45) is 5.92 Å². The first-order chi connectivity index (χ1) is 13.2. The van der Waals surface area contributed by atoms with E-state index in [0.717, 1.165) is 75.0 Å². The lowest BCUT2D eigenvalue weighted by Gasteiger charge is -2.35. The van der Waals surface area contributed by atoms with E-state index < -0.39 is 0 Å². The molecule has 1 N–H and O–H groups in total. The maximum Gasteiger partial charge on any atom is 0.245 e. The molecule has 1 aliphatic carbocycles. The maximum absolute atomic E-state index is 13.0. The van der Waals surface area contributed by atoms with Crippen molar-refractivity contribution >= 4 is 22.8 Å². The molecule has 2 amide bonds. The Bertz CT molecular complexity index is 833. The van der Waals surface area contributed by atoms with Crippen LogP contribution in [0.15, 0.2) is 18.5 Å². The number of hydrogen-bond acceptors (Lipinski definition) is 4. The van der Waals surface area contributed by atoms with Crippen LogP contribution in [0, 0.1) is 5.92 Å². The number of amides is 2. The van der Waals surface area contributed by atoms with Crippen molar-refractivity contribution in [2.45, 2.75) is 50.5 Å². The number of rotatable bonds is 3. The molecule has 4 heterocycles. The van der Waals surface area contributed by atoms with Crippen LogP contribution in [0.4, 0.5) is 0 Å². The Morgan fingerprint density at radius 2 is 1.85 bits per heavy atom. The number of aromatic nitrogens is 3. The van der Waals surface area contributed by atoms with Crippen LogP contribution in [0.1, 0.15) is 50.3 Å². The van der Waals surface area contributed by atoms with Gasteiger partial charge in [-0.15, -0.1) is 0 Å². The highest BCUT2D eigenvalue weighted by Crippen LogP contribution is 2.35. The third-order valence-electron chi connectivity index (χ3n) is 6.24. The second-order valence-electron chi connectivity index (χ2n) is 8.08. The number of likely N-dealkylation sites (tertiary alicyclic amines) is 2. The Morgan fingerprint density at radius 1 is 1.04 bits per heavy atom. The van der Waals surface area contributed by atoms with Crippen LogP contribution in [-0.2, 0) is 9.59 Å². The van der Waals surface area contributed by atoms with E-state index in [1.165, 1.54) is 0 Å². The van der Waals surface area contributed by atoms with E-state index in [1.807, 2.05) is 15.9 Å². The van der Waals surface area contributed by atoms with E-state index in [1.54, 1.807) is 12.4 Å². The molecule has 27 heavy (non-hydrogen) atoms. The van der Waals surface area contributed by atoms with Gasteiger partial charge in [0.1, 0.15) is 11.9 Å². The monoisotopic (exact) mass is 367 g/mol. The lowest BCUT2D eigenvalue weighted by Crippen LogP contribution is -2.50. The number of pyridine rings is 1. The third-order valence-corrected chi connectivity index (χ3v) is 6.24. The van der Waals surface area contributed by atoms with Crippen molar-refractivity contribution in [3.63, 3.8) is 0 Å². The topological polar surface area (TPSA) is 82.2 Å². The average Bonchev–Trinajstić information content (AvgIpc) is 3.28. The molecule has 1 atom stereocenters. The van der Waals surface area contributed by atoms with Crippen LogP contribution in [0.5, 0.6) is 0 Å². The van der Waals surface area contributed by atoms with E-state index in [9.17, 15) is 9.59 Å². The summed E-state index contributed by atoms with van der Waals surface area (Å²) in [5, 5.41) is 0. The summed E-state index contributed by atoms with van der Waals surface area (Å²) in [6, 6.07) is 1.69. The SMILES string of the molecule is O=C(C1CCCN1C(=O)C1CC1)N1CCC(c2nc3ccncc3[nH]2)CC1. The molecule has 5 rings (SSSR count). The zero-order valence-electron chi connectivity index (χ0n) is 15.4. The summed E-state index contributed by atoms with van der Waals surface area (Å²) < 4.78 is 0. The molecule has 3 fully saturated rings. The molecule has 2 saturated heterocycles. The van der Waals surface area contributed by atoms with Crippen molar-refractivity contribution in [3.05, 3.63) is 24.3 Å². The molecular weight excluding hydrogens is 342 g/mol. The fourth-order valence-electron chi connectivity index (χ4n) is 4.51. The van der Waals surface area contributed by atoms with Crippen LogP contribution in [0.3, 0.4) is 0 Å². The number of aromatic amines is 1. The number of fused-ring (bicyclic) bond motifs is 1. The summed E-state index contributed by atoms with van der Waals surface area (Å²) in [7, 11) is 0. The first-order valence-electron chi connectivity index (χ1n) is 10.1. The molecule has 1 saturated carbocycles. The Morgan fingerprint density at radius 3 is 2.59 bits per heavy atom. The zero-order chi connectivity index (χ0) is 18.4. The quantitative estimate of drug-likeness (QED) is 0.900. The van der Waals surface area contributed by atoms with Gasteiger partial charge in [0.15, 0.2) is 0 Å². The molecule has 2 aromatic rings. The van der Waals surface area contributed by atoms with Crippen molar-refractivity contribution in [1.29, 1.82) is 0 Å². The Hall–Kier alpha value is -2.44. The van der Waals surface area contributed by atoms with E-state index in [-0.39, 0.29) is 23.8 Å². The van der Waals surface area contributed by atoms with E-state index >= 15 is 0 Å². The molecule has 1 unspecified atom stereocenters. The second kappa shape index (κ2) is 6.62. The largest absolute Gasteiger partial charge is 0.341 e. The van der Waals surface area contributed by atoms with Gasteiger partial charge in [0.05, 0.1) is 17.2 Å². The van der Waals surface area contributed by atoms with E-state index in [0.29, 0.717) is 5.92 Å². The molecule has 3 aliphatic rings. The number of carbonyl (C=O) groups is 2. The second-order valence-corrected chi connectivity index (χ2v) is 8.08. The zero-order valence-corrected chi connectivity index (χ0v) is 15.4. The fraction of sp³-hybridized carbons (Fsp3) is 0.600. The van der Waals surface area contributed by atoms with Crippen LogP contribution < -0.4 is 0 Å². The van der Waals surface area contributed by atoms with Gasteiger partial charge in [-0.25, -0.2) is 4.98 Å². The van der Waals surface area contributed by atoms with Gasteiger partial charge in [-0.3, -0.25) is 14.6 Å². The highest BCUT2D eigenvalue weighted by molar-refractivity contribution is 5.90. The van der Waals surface area contributed by atoms with Gasteiger partial charge >= 0.3 is 0 Å². The summed E-state index contributed by atoms with van der Waals surface area (Å²) in [6.45, 7) is 2.22. The highest BCUT2D eigenvalue weighted by atomic mass is 16.2. The third kappa shape index (κ3) is 3.09. The molecule has 7 nitrogen and oxygen atoms in total. The van der Waals surface area contributed by atoms with Crippen molar-refractivity contribution in [3.8, 4) is 0 Å². The van der Waals surface area contributed by atoms with Gasteiger partial charge in [-0.2, -0.15) is 0 Å². The van der Waals surface area contributed by atoms with E-state index in [2.05, 4.69) is 9.97 Å². The van der Waals surface area contributed by atoms with Gasteiger partial charge in [0, 0.05) is 37.7 Å². The normalized spacial score (nSPS) is 23.9. The van der Waals surface area contributed by atoms with Crippen molar-refractivity contribution < 1.29 is 9.59 Å². The minimum atomic E-state index is -0.230. The molecule has 0 radical (unpaired) electrons. The molecule has 142 valence electrons. The lowest BCUT2D eigenvalue weighted by atomic mass is 9.95. The summed E-state index contributed by atoms with van der Waals surface area (Å²) >= 11 is 0. The number of nitrogens with zero attached hydrogens (tertiary/aromatic N) is 4. The Balaban J connectivity index is 1.23. The minimum Gasteiger partial charge on any atom is -0.341 e. The van der Waals surface area contributed by atoms with Gasteiger partial charge in [-0.05, 0) is 44.6 Å². The first kappa shape index (κ1) is 16.7. The summed E-state index contributed by atoms with van der Waals surface area (Å²) in [5.74, 6) is 1.88. The number of nitrogens with one attached hydrogen (secondary N) is 1. The lowest BCUT2D eigenvalue weighted by molar-refractivity contribution is -0.145. The molecule has 2 aliphatic heterocycles. The van der Waals surface area contributed by atoms with Crippen LogP contribution in [0.2, 0.25) is 0 Å². The molecule has 2 aromatic heterocycles. The van der Waals surface area contributed by atoms with Crippen LogP contribution >= 0.6 is 0 Å². The van der Waals surface area contributed by atoms with Gasteiger partial charge in [0.25, 0.3) is 0 Å². The Kier molecular flexibility index (Phi) is 4.10. The molecule has 0 aromatic carbocycles. The van der Waals surface area contributed by atoms with Gasteiger partial charge in [0.2, 0.25) is 11.8 Å². The molecular formula is C20H25N5O2. The summed E-state index contributed by atoms with van der Waals surface area (Å²) in [5.41, 5.74) is 1.91. The van der Waals surface area contributed by atoms with E-state index in [4.69, 9.17) is 4.98 Å². The Labute approximate surface area is 158 Å². The minimum absolute atomic E-state index is 0.147. The van der Waals surface area contributed by atoms with Crippen LogP contribution in [0.25, 0.3) is 11.0 Å². The van der Waals surface area contributed by atoms with Gasteiger partial charge < -0.3 is 14.8 Å². The smallest absolute Gasteiger partial charge is 0.245 e. The van der Waals surface area contributed by atoms with Crippen molar-refractivity contribution in [1.82, 2.24) is 24.8 Å². The highest BCUT2D eigenvalue weighted by Gasteiger charge is 2.42. The predicted molar refractivity (Wildman–Crippen MR) is 99.9 cm³/mol. The predicted octanol–water partition coefficient (Wildman–Crippen LogP) is 2.06. The number of piperidine rings is 1. The summed E-state index contributed by atoms with van der Waals surface area (Å²) in [4.78, 5) is 41.5. The molecule has 0 bridgehead atoms. The molecule has 0 spiro atoms.